The summed E-state index contributed by atoms with van der Waals surface area (Å²) in [6.45, 7) is 2.78. The summed E-state index contributed by atoms with van der Waals surface area (Å²) in [6, 6.07) is 7.48. The third-order valence-corrected chi connectivity index (χ3v) is 4.70. The van der Waals surface area contributed by atoms with Crippen molar-refractivity contribution in [2.24, 2.45) is 0 Å². The van der Waals surface area contributed by atoms with Crippen molar-refractivity contribution in [3.05, 3.63) is 51.8 Å². The highest BCUT2D eigenvalue weighted by molar-refractivity contribution is 5.78. The third-order valence-electron chi connectivity index (χ3n) is 4.70. The van der Waals surface area contributed by atoms with Crippen LogP contribution in [0.4, 0.5) is 0 Å². The Morgan fingerprint density at radius 2 is 2.28 bits per heavy atom. The average Bonchev–Trinajstić information content (AvgIpc) is 3.30. The Hall–Kier alpha value is -2.83. The van der Waals surface area contributed by atoms with Crippen LogP contribution < -0.4 is 5.56 Å². The first-order valence-electron chi connectivity index (χ1n) is 8.53. The molecule has 3 heterocycles. The van der Waals surface area contributed by atoms with Crippen molar-refractivity contribution in [2.75, 3.05) is 6.54 Å². The molecule has 130 valence electrons. The molecule has 0 saturated carbocycles. The van der Waals surface area contributed by atoms with Gasteiger partial charge in [0.2, 0.25) is 5.91 Å². The van der Waals surface area contributed by atoms with E-state index >= 15 is 0 Å². The van der Waals surface area contributed by atoms with Gasteiger partial charge in [0.1, 0.15) is 11.6 Å². The maximum absolute atomic E-state index is 12.6. The Bertz CT molecular complexity index is 968. The Balaban J connectivity index is 1.50. The Labute approximate surface area is 144 Å². The number of nitrogens with one attached hydrogen (secondary N) is 2. The van der Waals surface area contributed by atoms with E-state index in [2.05, 4.69) is 21.2 Å². The number of carbonyl (C=O) groups is 1. The van der Waals surface area contributed by atoms with Gasteiger partial charge in [0.05, 0.1) is 17.1 Å². The van der Waals surface area contributed by atoms with Crippen molar-refractivity contribution >= 4 is 16.9 Å². The zero-order valence-electron chi connectivity index (χ0n) is 14.0. The molecule has 1 amide bonds. The standard InChI is InChI=1S/C18H20N4O3/c1-11-4-6-13-14(9-11)20-18(19-13)15-3-2-8-22(15)17(24)7-5-12-10-16(23)21-25-12/h4,6,9-10,15H,2-3,5,7-8H2,1H3,(H,19,20)(H,21,23). The number of hydrogen-bond acceptors (Lipinski definition) is 4. The van der Waals surface area contributed by atoms with Gasteiger partial charge in [-0.1, -0.05) is 6.07 Å². The highest BCUT2D eigenvalue weighted by atomic mass is 16.5. The fraction of sp³-hybridized carbons (Fsp3) is 0.389. The van der Waals surface area contributed by atoms with Crippen LogP contribution in [0.3, 0.4) is 0 Å². The molecule has 0 radical (unpaired) electrons. The molecule has 1 aromatic carbocycles. The number of aromatic nitrogens is 3. The Morgan fingerprint density at radius 1 is 1.40 bits per heavy atom. The molecule has 1 aliphatic rings. The number of fused-ring (bicyclic) bond motifs is 1. The van der Waals surface area contributed by atoms with E-state index in [1.807, 2.05) is 24.0 Å². The summed E-state index contributed by atoms with van der Waals surface area (Å²) in [6.07, 6.45) is 2.60. The largest absolute Gasteiger partial charge is 0.384 e. The maximum Gasteiger partial charge on any atom is 0.280 e. The predicted octanol–water partition coefficient (Wildman–Crippen LogP) is 2.45. The molecular formula is C18H20N4O3. The van der Waals surface area contributed by atoms with Crippen LogP contribution in [0.1, 0.15) is 42.5 Å². The van der Waals surface area contributed by atoms with Crippen LogP contribution >= 0.6 is 0 Å². The first-order chi connectivity index (χ1) is 12.1. The highest BCUT2D eigenvalue weighted by Gasteiger charge is 2.31. The number of imidazole rings is 1. The number of nitrogens with zero attached hydrogens (tertiary/aromatic N) is 2. The lowest BCUT2D eigenvalue weighted by atomic mass is 10.2. The number of rotatable bonds is 4. The molecule has 1 fully saturated rings. The van der Waals surface area contributed by atoms with Crippen LogP contribution in [-0.2, 0) is 11.2 Å². The van der Waals surface area contributed by atoms with Gasteiger partial charge in [0.15, 0.2) is 0 Å². The molecule has 7 heteroatoms. The van der Waals surface area contributed by atoms with E-state index in [4.69, 9.17) is 4.52 Å². The van der Waals surface area contributed by atoms with Gasteiger partial charge < -0.3 is 14.4 Å². The van der Waals surface area contributed by atoms with Crippen molar-refractivity contribution in [3.8, 4) is 0 Å². The van der Waals surface area contributed by atoms with Crippen LogP contribution in [0.25, 0.3) is 11.0 Å². The molecule has 0 spiro atoms. The summed E-state index contributed by atoms with van der Waals surface area (Å²) in [7, 11) is 0. The SMILES string of the molecule is Cc1ccc2nc(C3CCCN3C(=O)CCc3cc(=O)[nH]o3)[nH]c2c1. The van der Waals surface area contributed by atoms with Crippen molar-refractivity contribution in [1.29, 1.82) is 0 Å². The minimum Gasteiger partial charge on any atom is -0.384 e. The number of H-pyrrole nitrogens is 2. The second-order valence-electron chi connectivity index (χ2n) is 6.57. The van der Waals surface area contributed by atoms with Crippen molar-refractivity contribution in [2.45, 2.75) is 38.6 Å². The molecule has 2 aromatic heterocycles. The Morgan fingerprint density at radius 3 is 3.08 bits per heavy atom. The lowest BCUT2D eigenvalue weighted by Gasteiger charge is -2.23. The number of amides is 1. The number of aromatic amines is 2. The third kappa shape index (κ3) is 3.09. The molecule has 0 aliphatic carbocycles. The highest BCUT2D eigenvalue weighted by Crippen LogP contribution is 2.32. The second kappa shape index (κ2) is 6.23. The molecule has 0 bridgehead atoms. The summed E-state index contributed by atoms with van der Waals surface area (Å²) >= 11 is 0. The summed E-state index contributed by atoms with van der Waals surface area (Å²) in [5.41, 5.74) is 2.83. The Kier molecular flexibility index (Phi) is 3.91. The molecule has 4 rings (SSSR count). The normalized spacial score (nSPS) is 17.5. The first kappa shape index (κ1) is 15.7. The van der Waals surface area contributed by atoms with Crippen molar-refractivity contribution in [3.63, 3.8) is 0 Å². The molecule has 1 saturated heterocycles. The van der Waals surface area contributed by atoms with Gasteiger partial charge in [-0.3, -0.25) is 9.59 Å². The van der Waals surface area contributed by atoms with Crippen LogP contribution in [-0.4, -0.2) is 32.5 Å². The van der Waals surface area contributed by atoms with Gasteiger partial charge >= 0.3 is 0 Å². The van der Waals surface area contributed by atoms with Gasteiger partial charge in [-0.15, -0.1) is 0 Å². The molecule has 3 aromatic rings. The lowest BCUT2D eigenvalue weighted by molar-refractivity contribution is -0.132. The van der Waals surface area contributed by atoms with E-state index in [1.54, 1.807) is 0 Å². The van der Waals surface area contributed by atoms with Crippen LogP contribution in [0.5, 0.6) is 0 Å². The summed E-state index contributed by atoms with van der Waals surface area (Å²) in [5.74, 6) is 1.41. The maximum atomic E-state index is 12.6. The van der Waals surface area contributed by atoms with Gasteiger partial charge in [-0.25, -0.2) is 4.98 Å². The number of benzene rings is 1. The van der Waals surface area contributed by atoms with Gasteiger partial charge in [0.25, 0.3) is 5.56 Å². The molecule has 1 aliphatic heterocycles. The van der Waals surface area contributed by atoms with E-state index in [0.717, 1.165) is 36.2 Å². The minimum absolute atomic E-state index is 0.0153. The van der Waals surface area contributed by atoms with Crippen molar-refractivity contribution in [1.82, 2.24) is 20.0 Å². The minimum atomic E-state index is -0.279. The molecule has 1 atom stereocenters. The molecular weight excluding hydrogens is 320 g/mol. The smallest absolute Gasteiger partial charge is 0.280 e. The van der Waals surface area contributed by atoms with E-state index < -0.39 is 0 Å². The monoisotopic (exact) mass is 340 g/mol. The average molecular weight is 340 g/mol. The topological polar surface area (TPSA) is 95.0 Å². The zero-order valence-corrected chi connectivity index (χ0v) is 14.0. The number of carbonyl (C=O) groups excluding carboxylic acids is 1. The summed E-state index contributed by atoms with van der Waals surface area (Å²) < 4.78 is 5.01. The van der Waals surface area contributed by atoms with E-state index in [0.29, 0.717) is 18.6 Å². The number of hydrogen-bond donors (Lipinski definition) is 2. The summed E-state index contributed by atoms with van der Waals surface area (Å²) in [4.78, 5) is 33.6. The number of likely N-dealkylation sites (tertiary alicyclic amines) is 1. The molecule has 25 heavy (non-hydrogen) atoms. The predicted molar refractivity (Wildman–Crippen MR) is 92.2 cm³/mol. The summed E-state index contributed by atoms with van der Waals surface area (Å²) in [5, 5.41) is 2.25. The lowest BCUT2D eigenvalue weighted by Crippen LogP contribution is -2.31. The quantitative estimate of drug-likeness (QED) is 0.762. The second-order valence-corrected chi connectivity index (χ2v) is 6.57. The van der Waals surface area contributed by atoms with E-state index in [9.17, 15) is 9.59 Å². The fourth-order valence-electron chi connectivity index (χ4n) is 3.47. The van der Waals surface area contributed by atoms with Crippen LogP contribution in [0, 0.1) is 6.92 Å². The van der Waals surface area contributed by atoms with E-state index in [1.165, 1.54) is 11.6 Å². The van der Waals surface area contributed by atoms with Crippen molar-refractivity contribution < 1.29 is 9.32 Å². The van der Waals surface area contributed by atoms with Crippen LogP contribution in [0.15, 0.2) is 33.6 Å². The van der Waals surface area contributed by atoms with Gasteiger partial charge in [-0.05, 0) is 37.5 Å². The van der Waals surface area contributed by atoms with E-state index in [-0.39, 0.29) is 17.5 Å². The fourth-order valence-corrected chi connectivity index (χ4v) is 3.47. The molecule has 1 unspecified atom stereocenters. The van der Waals surface area contributed by atoms with Gasteiger partial charge in [-0.2, -0.15) is 5.16 Å². The first-order valence-corrected chi connectivity index (χ1v) is 8.53. The number of aryl methyl sites for hydroxylation is 2. The molecule has 2 N–H and O–H groups in total. The van der Waals surface area contributed by atoms with Gasteiger partial charge in [0, 0.05) is 25.5 Å². The molecule has 7 nitrogen and oxygen atoms in total. The van der Waals surface area contributed by atoms with Crippen LogP contribution in [0.2, 0.25) is 0 Å². The zero-order chi connectivity index (χ0) is 17.4.